The molecule has 1 aliphatic heterocycles. The van der Waals surface area contributed by atoms with Gasteiger partial charge in [-0.2, -0.15) is 5.26 Å². The van der Waals surface area contributed by atoms with Crippen molar-refractivity contribution in [3.63, 3.8) is 0 Å². The number of para-hydroxylation sites is 1. The number of benzene rings is 2. The quantitative estimate of drug-likeness (QED) is 0.854. The predicted molar refractivity (Wildman–Crippen MR) is 101 cm³/mol. The smallest absolute Gasteiger partial charge is 0.227 e. The maximum atomic E-state index is 12.5. The second-order valence-corrected chi connectivity index (χ2v) is 6.43. The molecule has 0 aromatic heterocycles. The normalized spacial score (nSPS) is 16.1. The number of nitrogens with zero attached hydrogens (tertiary/aromatic N) is 2. The highest BCUT2D eigenvalue weighted by molar-refractivity contribution is 6.01. The zero-order chi connectivity index (χ0) is 19.2. The first-order valence-corrected chi connectivity index (χ1v) is 8.82. The Balaban J connectivity index is 1.57. The first-order chi connectivity index (χ1) is 13.1. The monoisotopic (exact) mass is 363 g/mol. The van der Waals surface area contributed by atoms with E-state index in [0.29, 0.717) is 30.8 Å². The maximum absolute atomic E-state index is 12.5. The van der Waals surface area contributed by atoms with Crippen LogP contribution in [0.3, 0.4) is 0 Å². The van der Waals surface area contributed by atoms with Gasteiger partial charge in [0.2, 0.25) is 11.8 Å². The topological polar surface area (TPSA) is 82.4 Å². The number of hydrogen-bond acceptors (Lipinski definition) is 4. The van der Waals surface area contributed by atoms with Gasteiger partial charge in [-0.1, -0.05) is 24.3 Å². The third-order valence-electron chi connectivity index (χ3n) is 4.66. The number of carbonyl (C=O) groups excluding carboxylic acids is 2. The molecule has 1 fully saturated rings. The van der Waals surface area contributed by atoms with E-state index in [1.807, 2.05) is 24.3 Å². The molecule has 2 aromatic rings. The Hall–Kier alpha value is -3.33. The minimum Gasteiger partial charge on any atom is -0.497 e. The molecule has 3 rings (SSSR count). The van der Waals surface area contributed by atoms with E-state index >= 15 is 0 Å². The van der Waals surface area contributed by atoms with Gasteiger partial charge in [0.25, 0.3) is 0 Å². The number of anilines is 1. The number of nitrogens with one attached hydrogen (secondary N) is 1. The summed E-state index contributed by atoms with van der Waals surface area (Å²) in [6.07, 6.45) is 0.843. The Morgan fingerprint density at radius 2 is 2.11 bits per heavy atom. The van der Waals surface area contributed by atoms with Crippen LogP contribution in [0.2, 0.25) is 0 Å². The van der Waals surface area contributed by atoms with Gasteiger partial charge in [-0.3, -0.25) is 9.59 Å². The number of amides is 2. The van der Waals surface area contributed by atoms with Gasteiger partial charge in [0.15, 0.2) is 0 Å². The molecule has 27 heavy (non-hydrogen) atoms. The zero-order valence-electron chi connectivity index (χ0n) is 15.1. The van der Waals surface area contributed by atoms with Crippen molar-refractivity contribution >= 4 is 17.5 Å². The van der Waals surface area contributed by atoms with E-state index in [1.165, 1.54) is 4.90 Å². The van der Waals surface area contributed by atoms with Crippen molar-refractivity contribution in [2.24, 2.45) is 5.92 Å². The molecule has 0 spiro atoms. The molecule has 0 radical (unpaired) electrons. The second kappa shape index (κ2) is 8.37. The molecule has 2 amide bonds. The lowest BCUT2D eigenvalue weighted by molar-refractivity contribution is -0.126. The number of ether oxygens (including phenoxy) is 1. The molecule has 6 nitrogen and oxygen atoms in total. The molecule has 2 aromatic carbocycles. The minimum atomic E-state index is -0.408. The summed E-state index contributed by atoms with van der Waals surface area (Å²) >= 11 is 0. The van der Waals surface area contributed by atoms with Gasteiger partial charge < -0.3 is 15.0 Å². The molecular weight excluding hydrogens is 342 g/mol. The number of hydrogen-bond donors (Lipinski definition) is 1. The Morgan fingerprint density at radius 3 is 2.89 bits per heavy atom. The lowest BCUT2D eigenvalue weighted by atomic mass is 10.1. The van der Waals surface area contributed by atoms with E-state index in [-0.39, 0.29) is 18.2 Å². The van der Waals surface area contributed by atoms with Crippen LogP contribution in [0.5, 0.6) is 5.75 Å². The summed E-state index contributed by atoms with van der Waals surface area (Å²) in [5.74, 6) is 0.107. The molecule has 1 aliphatic rings. The van der Waals surface area contributed by atoms with Gasteiger partial charge in [-0.15, -0.1) is 0 Å². The average molecular weight is 363 g/mol. The van der Waals surface area contributed by atoms with Crippen LogP contribution in [0, 0.1) is 17.2 Å². The van der Waals surface area contributed by atoms with Crippen LogP contribution < -0.4 is 15.0 Å². The van der Waals surface area contributed by atoms with Crippen LogP contribution in [0.1, 0.15) is 17.5 Å². The van der Waals surface area contributed by atoms with E-state index in [9.17, 15) is 14.9 Å². The van der Waals surface area contributed by atoms with Gasteiger partial charge in [0.1, 0.15) is 11.8 Å². The highest BCUT2D eigenvalue weighted by Crippen LogP contribution is 2.27. The van der Waals surface area contributed by atoms with Crippen LogP contribution in [0.25, 0.3) is 0 Å². The summed E-state index contributed by atoms with van der Waals surface area (Å²) in [7, 11) is 1.62. The van der Waals surface area contributed by atoms with Gasteiger partial charge in [-0.05, 0) is 36.2 Å². The molecule has 138 valence electrons. The van der Waals surface area contributed by atoms with Crippen molar-refractivity contribution in [2.75, 3.05) is 25.1 Å². The maximum Gasteiger partial charge on any atom is 0.227 e. The molecule has 0 bridgehead atoms. The SMILES string of the molecule is COc1cccc(CCNC(=O)C2CC(=O)N(c3ccccc3C#N)C2)c1. The standard InChI is InChI=1S/C21H21N3O3/c1-27-18-7-4-5-15(11-18)9-10-23-21(26)17-12-20(25)24(14-17)19-8-3-2-6-16(19)13-22/h2-8,11,17H,9-10,12,14H2,1H3,(H,23,26). The predicted octanol–water partition coefficient (Wildman–Crippen LogP) is 2.28. The summed E-state index contributed by atoms with van der Waals surface area (Å²) in [6, 6.07) is 16.7. The largest absolute Gasteiger partial charge is 0.497 e. The Kier molecular flexibility index (Phi) is 5.72. The lowest BCUT2D eigenvalue weighted by Crippen LogP contribution is -2.34. The molecular formula is C21H21N3O3. The van der Waals surface area contributed by atoms with E-state index < -0.39 is 5.92 Å². The van der Waals surface area contributed by atoms with Gasteiger partial charge >= 0.3 is 0 Å². The van der Waals surface area contributed by atoms with Crippen LogP contribution in [-0.4, -0.2) is 32.0 Å². The van der Waals surface area contributed by atoms with E-state index in [4.69, 9.17) is 4.74 Å². The summed E-state index contributed by atoms with van der Waals surface area (Å²) in [5.41, 5.74) is 2.07. The molecule has 1 unspecified atom stereocenters. The van der Waals surface area contributed by atoms with E-state index in [2.05, 4.69) is 11.4 Å². The Labute approximate surface area is 158 Å². The highest BCUT2D eigenvalue weighted by atomic mass is 16.5. The number of nitriles is 1. The average Bonchev–Trinajstić information content (AvgIpc) is 3.09. The minimum absolute atomic E-state index is 0.134. The van der Waals surface area contributed by atoms with Gasteiger partial charge in [-0.25, -0.2) is 0 Å². The first-order valence-electron chi connectivity index (χ1n) is 8.82. The molecule has 1 saturated heterocycles. The highest BCUT2D eigenvalue weighted by Gasteiger charge is 2.35. The van der Waals surface area contributed by atoms with E-state index in [0.717, 1.165) is 11.3 Å². The molecule has 1 heterocycles. The van der Waals surface area contributed by atoms with Crippen molar-refractivity contribution < 1.29 is 14.3 Å². The Morgan fingerprint density at radius 1 is 1.30 bits per heavy atom. The molecule has 0 saturated carbocycles. The second-order valence-electron chi connectivity index (χ2n) is 6.43. The van der Waals surface area contributed by atoms with Crippen molar-refractivity contribution in [3.05, 3.63) is 59.7 Å². The molecule has 0 aliphatic carbocycles. The molecule has 1 atom stereocenters. The molecule has 6 heteroatoms. The van der Waals surface area contributed by atoms with Crippen molar-refractivity contribution in [2.45, 2.75) is 12.8 Å². The van der Waals surface area contributed by atoms with Crippen molar-refractivity contribution in [1.82, 2.24) is 5.32 Å². The third-order valence-corrected chi connectivity index (χ3v) is 4.66. The number of rotatable bonds is 6. The van der Waals surface area contributed by atoms with Crippen LogP contribution in [0.4, 0.5) is 5.69 Å². The van der Waals surface area contributed by atoms with E-state index in [1.54, 1.807) is 31.4 Å². The summed E-state index contributed by atoms with van der Waals surface area (Å²) in [4.78, 5) is 26.3. The first kappa shape index (κ1) is 18.5. The fourth-order valence-corrected chi connectivity index (χ4v) is 3.22. The molecule has 1 N–H and O–H groups in total. The van der Waals surface area contributed by atoms with Gasteiger partial charge in [0, 0.05) is 19.5 Å². The summed E-state index contributed by atoms with van der Waals surface area (Å²) < 4.78 is 5.19. The zero-order valence-corrected chi connectivity index (χ0v) is 15.1. The Bertz CT molecular complexity index is 888. The lowest BCUT2D eigenvalue weighted by Gasteiger charge is -2.18. The number of methoxy groups -OCH3 is 1. The van der Waals surface area contributed by atoms with Crippen molar-refractivity contribution in [1.29, 1.82) is 5.26 Å². The summed E-state index contributed by atoms with van der Waals surface area (Å²) in [5, 5.41) is 12.1. The van der Waals surface area contributed by atoms with Crippen molar-refractivity contribution in [3.8, 4) is 11.8 Å². The fraction of sp³-hybridized carbons (Fsp3) is 0.286. The van der Waals surface area contributed by atoms with Gasteiger partial charge in [0.05, 0.1) is 24.3 Å². The van der Waals surface area contributed by atoms with Crippen LogP contribution in [-0.2, 0) is 16.0 Å². The number of carbonyl (C=O) groups is 2. The third kappa shape index (κ3) is 4.26. The van der Waals surface area contributed by atoms with Crippen LogP contribution >= 0.6 is 0 Å². The van der Waals surface area contributed by atoms with Crippen LogP contribution in [0.15, 0.2) is 48.5 Å². The fourth-order valence-electron chi connectivity index (χ4n) is 3.22. The summed E-state index contributed by atoms with van der Waals surface area (Å²) in [6.45, 7) is 0.786.